The SMILES string of the molecule is COc1ccc(N(Cc2cccnc2)c2cccc(S(=O)(=O)N3CCOCC3)c2)cc1O[C@@H]1CCOC1. The van der Waals surface area contributed by atoms with Gasteiger partial charge >= 0.3 is 0 Å². The van der Waals surface area contributed by atoms with Crippen molar-refractivity contribution in [2.45, 2.75) is 24.0 Å². The van der Waals surface area contributed by atoms with Crippen LogP contribution in [0.25, 0.3) is 0 Å². The topological polar surface area (TPSA) is 90.4 Å². The second kappa shape index (κ2) is 11.5. The molecule has 0 radical (unpaired) electrons. The van der Waals surface area contributed by atoms with Crippen molar-refractivity contribution in [2.75, 3.05) is 51.5 Å². The summed E-state index contributed by atoms with van der Waals surface area (Å²) in [5, 5.41) is 0. The molecular formula is C27H31N3O6S. The number of sulfonamides is 1. The van der Waals surface area contributed by atoms with Crippen molar-refractivity contribution < 1.29 is 27.4 Å². The van der Waals surface area contributed by atoms with Crippen molar-refractivity contribution in [3.05, 3.63) is 72.6 Å². The molecule has 2 aromatic carbocycles. The summed E-state index contributed by atoms with van der Waals surface area (Å²) < 4.78 is 50.8. The summed E-state index contributed by atoms with van der Waals surface area (Å²) in [6.07, 6.45) is 4.30. The first kappa shape index (κ1) is 25.5. The average Bonchev–Trinajstić information content (AvgIpc) is 3.46. The summed E-state index contributed by atoms with van der Waals surface area (Å²) >= 11 is 0. The summed E-state index contributed by atoms with van der Waals surface area (Å²) in [6, 6.07) is 16.6. The lowest BCUT2D eigenvalue weighted by atomic mass is 10.1. The number of anilines is 2. The molecule has 1 atom stereocenters. The van der Waals surface area contributed by atoms with Gasteiger partial charge in [-0.3, -0.25) is 4.98 Å². The number of pyridine rings is 1. The van der Waals surface area contributed by atoms with Crippen molar-refractivity contribution >= 4 is 21.4 Å². The Morgan fingerprint density at radius 3 is 2.57 bits per heavy atom. The third kappa shape index (κ3) is 5.88. The zero-order valence-corrected chi connectivity index (χ0v) is 21.6. The van der Waals surface area contributed by atoms with Crippen molar-refractivity contribution in [3.63, 3.8) is 0 Å². The van der Waals surface area contributed by atoms with Crippen LogP contribution >= 0.6 is 0 Å². The molecule has 2 saturated heterocycles. The number of hydrogen-bond donors (Lipinski definition) is 0. The fourth-order valence-corrected chi connectivity index (χ4v) is 5.91. The zero-order chi connectivity index (χ0) is 25.7. The van der Waals surface area contributed by atoms with Crippen LogP contribution in [0.15, 0.2) is 71.9 Å². The molecule has 10 heteroatoms. The Balaban J connectivity index is 1.53. The van der Waals surface area contributed by atoms with Gasteiger partial charge in [0, 0.05) is 55.9 Å². The van der Waals surface area contributed by atoms with Crippen LogP contribution in [0.3, 0.4) is 0 Å². The summed E-state index contributed by atoms with van der Waals surface area (Å²) in [5.41, 5.74) is 2.55. The minimum Gasteiger partial charge on any atom is -0.493 e. The van der Waals surface area contributed by atoms with Gasteiger partial charge in [0.1, 0.15) is 6.10 Å². The summed E-state index contributed by atoms with van der Waals surface area (Å²) in [5.74, 6) is 1.24. The minimum absolute atomic E-state index is 0.0436. The largest absolute Gasteiger partial charge is 0.493 e. The van der Waals surface area contributed by atoms with Crippen LogP contribution in [0.4, 0.5) is 11.4 Å². The third-order valence-electron chi connectivity index (χ3n) is 6.44. The lowest BCUT2D eigenvalue weighted by Crippen LogP contribution is -2.40. The molecule has 0 amide bonds. The maximum absolute atomic E-state index is 13.4. The molecule has 3 heterocycles. The molecular weight excluding hydrogens is 494 g/mol. The van der Waals surface area contributed by atoms with Crippen LogP contribution in [0, 0.1) is 0 Å². The van der Waals surface area contributed by atoms with Crippen LogP contribution in [-0.4, -0.2) is 70.4 Å². The molecule has 37 heavy (non-hydrogen) atoms. The zero-order valence-electron chi connectivity index (χ0n) is 20.8. The predicted molar refractivity (Wildman–Crippen MR) is 139 cm³/mol. The standard InChI is InChI=1S/C27H31N3O6S/c1-33-26-8-7-23(17-27(26)36-24-9-13-35-20-24)30(19-21-4-3-10-28-18-21)22-5-2-6-25(16-22)37(31,32)29-11-14-34-15-12-29/h2-8,10,16-18,24H,9,11-15,19-20H2,1H3/t24-/m1/s1. The minimum atomic E-state index is -3.65. The Morgan fingerprint density at radius 2 is 1.84 bits per heavy atom. The van der Waals surface area contributed by atoms with E-state index in [2.05, 4.69) is 4.98 Å². The maximum atomic E-state index is 13.4. The summed E-state index contributed by atoms with van der Waals surface area (Å²) in [4.78, 5) is 6.55. The number of benzene rings is 2. The van der Waals surface area contributed by atoms with Crippen molar-refractivity contribution in [2.24, 2.45) is 0 Å². The Bertz CT molecular complexity index is 1290. The maximum Gasteiger partial charge on any atom is 0.243 e. The molecule has 196 valence electrons. The van der Waals surface area contributed by atoms with E-state index in [0.29, 0.717) is 57.6 Å². The van der Waals surface area contributed by atoms with E-state index in [9.17, 15) is 8.42 Å². The number of morpholine rings is 1. The summed E-state index contributed by atoms with van der Waals surface area (Å²) in [7, 11) is -2.04. The van der Waals surface area contributed by atoms with Gasteiger partial charge in [0.15, 0.2) is 11.5 Å². The predicted octanol–water partition coefficient (Wildman–Crippen LogP) is 3.62. The molecule has 0 spiro atoms. The quantitative estimate of drug-likeness (QED) is 0.419. The highest BCUT2D eigenvalue weighted by atomic mass is 32.2. The van der Waals surface area contributed by atoms with Gasteiger partial charge in [-0.15, -0.1) is 0 Å². The van der Waals surface area contributed by atoms with Gasteiger partial charge in [-0.1, -0.05) is 12.1 Å². The number of aromatic nitrogens is 1. The Morgan fingerprint density at radius 1 is 1.00 bits per heavy atom. The Labute approximate surface area is 217 Å². The van der Waals surface area contributed by atoms with Crippen molar-refractivity contribution in [1.29, 1.82) is 0 Å². The molecule has 2 fully saturated rings. The van der Waals surface area contributed by atoms with E-state index in [1.165, 1.54) is 4.31 Å². The van der Waals surface area contributed by atoms with Gasteiger partial charge in [-0.05, 0) is 42.0 Å². The number of nitrogens with zero attached hydrogens (tertiary/aromatic N) is 3. The fraction of sp³-hybridized carbons (Fsp3) is 0.370. The van der Waals surface area contributed by atoms with E-state index in [-0.39, 0.29) is 11.0 Å². The highest BCUT2D eigenvalue weighted by Gasteiger charge is 2.27. The Kier molecular flexibility index (Phi) is 7.90. The normalized spacial score (nSPS) is 18.5. The van der Waals surface area contributed by atoms with E-state index in [1.807, 2.05) is 41.3 Å². The molecule has 0 bridgehead atoms. The molecule has 3 aromatic rings. The Hall–Kier alpha value is -3.18. The molecule has 2 aliphatic heterocycles. The number of hydrogen-bond acceptors (Lipinski definition) is 8. The fourth-order valence-electron chi connectivity index (χ4n) is 4.46. The highest BCUT2D eigenvalue weighted by molar-refractivity contribution is 7.89. The van der Waals surface area contributed by atoms with Gasteiger partial charge < -0.3 is 23.8 Å². The van der Waals surface area contributed by atoms with E-state index in [0.717, 1.165) is 23.4 Å². The van der Waals surface area contributed by atoms with Crippen LogP contribution in [0.2, 0.25) is 0 Å². The first-order valence-electron chi connectivity index (χ1n) is 12.3. The molecule has 0 saturated carbocycles. The lowest BCUT2D eigenvalue weighted by Gasteiger charge is -2.28. The summed E-state index contributed by atoms with van der Waals surface area (Å²) in [6.45, 7) is 3.16. The van der Waals surface area contributed by atoms with Crippen molar-refractivity contribution in [1.82, 2.24) is 9.29 Å². The van der Waals surface area contributed by atoms with E-state index in [1.54, 1.807) is 37.7 Å². The average molecular weight is 526 g/mol. The molecule has 0 N–H and O–H groups in total. The van der Waals surface area contributed by atoms with Crippen molar-refractivity contribution in [3.8, 4) is 11.5 Å². The monoisotopic (exact) mass is 525 g/mol. The number of ether oxygens (including phenoxy) is 4. The third-order valence-corrected chi connectivity index (χ3v) is 8.34. The molecule has 0 unspecified atom stereocenters. The number of rotatable bonds is 9. The van der Waals surface area contributed by atoms with Crippen LogP contribution in [0.1, 0.15) is 12.0 Å². The molecule has 2 aliphatic rings. The molecule has 5 rings (SSSR count). The second-order valence-electron chi connectivity index (χ2n) is 8.90. The lowest BCUT2D eigenvalue weighted by molar-refractivity contribution is 0.0730. The molecule has 0 aliphatic carbocycles. The molecule has 9 nitrogen and oxygen atoms in total. The van der Waals surface area contributed by atoms with Gasteiger partial charge in [0.05, 0.1) is 38.4 Å². The van der Waals surface area contributed by atoms with Crippen LogP contribution in [-0.2, 0) is 26.0 Å². The smallest absolute Gasteiger partial charge is 0.243 e. The van der Waals surface area contributed by atoms with Gasteiger partial charge in [0.25, 0.3) is 0 Å². The van der Waals surface area contributed by atoms with Crippen LogP contribution in [0.5, 0.6) is 11.5 Å². The van der Waals surface area contributed by atoms with Crippen LogP contribution < -0.4 is 14.4 Å². The van der Waals surface area contributed by atoms with Gasteiger partial charge in [0.2, 0.25) is 10.0 Å². The van der Waals surface area contributed by atoms with E-state index >= 15 is 0 Å². The van der Waals surface area contributed by atoms with E-state index < -0.39 is 10.0 Å². The first-order chi connectivity index (χ1) is 18.0. The molecule has 1 aromatic heterocycles. The van der Waals surface area contributed by atoms with E-state index in [4.69, 9.17) is 18.9 Å². The highest BCUT2D eigenvalue weighted by Crippen LogP contribution is 2.37. The first-order valence-corrected chi connectivity index (χ1v) is 13.8. The van der Waals surface area contributed by atoms with Gasteiger partial charge in [-0.25, -0.2) is 8.42 Å². The van der Waals surface area contributed by atoms with Gasteiger partial charge in [-0.2, -0.15) is 4.31 Å². The number of methoxy groups -OCH3 is 1. The second-order valence-corrected chi connectivity index (χ2v) is 10.8.